The first kappa shape index (κ1) is 21.5. The summed E-state index contributed by atoms with van der Waals surface area (Å²) in [7, 11) is 0. The number of hydrogen-bond donors (Lipinski definition) is 1. The molecule has 1 aromatic heterocycles. The van der Waals surface area contributed by atoms with Gasteiger partial charge in [-0.1, -0.05) is 35.5 Å². The number of hydrogen-bond acceptors (Lipinski definition) is 6. The Morgan fingerprint density at radius 3 is 2.84 bits per heavy atom. The van der Waals surface area contributed by atoms with Gasteiger partial charge in [-0.3, -0.25) is 4.79 Å². The summed E-state index contributed by atoms with van der Waals surface area (Å²) in [5, 5.41) is 6.65. The number of aromatic nitrogens is 2. The van der Waals surface area contributed by atoms with Crippen molar-refractivity contribution in [1.82, 2.24) is 15.0 Å². The number of urea groups is 1. The molecule has 0 aliphatic carbocycles. The van der Waals surface area contributed by atoms with Crippen LogP contribution in [0, 0.1) is 18.7 Å². The molecule has 1 aliphatic rings. The molecule has 2 aromatic carbocycles. The number of para-hydroxylation sites is 1. The second-order valence-corrected chi connectivity index (χ2v) is 7.66. The molecule has 0 bridgehead atoms. The van der Waals surface area contributed by atoms with Crippen LogP contribution in [0.2, 0.25) is 0 Å². The number of anilines is 1. The third kappa shape index (κ3) is 5.11. The summed E-state index contributed by atoms with van der Waals surface area (Å²) in [5.74, 6) is -0.888. The van der Waals surface area contributed by atoms with Crippen molar-refractivity contribution in [2.45, 2.75) is 26.4 Å². The summed E-state index contributed by atoms with van der Waals surface area (Å²) in [5.41, 5.74) is 1.69. The molecule has 2 heterocycles. The average Bonchev–Trinajstić information content (AvgIpc) is 3.29. The Morgan fingerprint density at radius 2 is 2.06 bits per heavy atom. The van der Waals surface area contributed by atoms with Crippen LogP contribution >= 0.6 is 0 Å². The average molecular weight is 438 g/mol. The van der Waals surface area contributed by atoms with Gasteiger partial charge in [0.1, 0.15) is 5.82 Å². The Kier molecular flexibility index (Phi) is 6.44. The van der Waals surface area contributed by atoms with E-state index in [0.717, 1.165) is 0 Å². The fraction of sp³-hybridized carbons (Fsp3) is 0.304. The molecule has 166 valence electrons. The van der Waals surface area contributed by atoms with E-state index in [-0.39, 0.29) is 36.7 Å². The number of rotatable bonds is 5. The number of halogens is 1. The molecular weight excluding hydrogens is 415 g/mol. The molecule has 1 fully saturated rings. The largest absolute Gasteiger partial charge is 0.455 e. The molecule has 0 radical (unpaired) electrons. The molecule has 0 saturated carbocycles. The van der Waals surface area contributed by atoms with E-state index in [0.29, 0.717) is 36.2 Å². The summed E-state index contributed by atoms with van der Waals surface area (Å²) in [6.07, 6.45) is 1.33. The smallest absolute Gasteiger partial charge is 0.321 e. The molecule has 3 aromatic rings. The number of carbonyl (C=O) groups excluding carboxylic acids is 2. The Balaban J connectivity index is 1.30. The van der Waals surface area contributed by atoms with Crippen molar-refractivity contribution in [3.8, 4) is 11.4 Å². The SMILES string of the molecule is Cc1ccc(-c2noc(COC(=O)C3CCCN(C(=O)Nc4ccccc4)C3)n2)cc1F. The first-order chi connectivity index (χ1) is 15.5. The topological polar surface area (TPSA) is 97.6 Å². The van der Waals surface area contributed by atoms with Crippen LogP contribution in [-0.2, 0) is 16.1 Å². The highest BCUT2D eigenvalue weighted by Crippen LogP contribution is 2.21. The minimum atomic E-state index is -0.432. The molecule has 1 atom stereocenters. The number of amides is 2. The van der Waals surface area contributed by atoms with E-state index in [1.54, 1.807) is 36.1 Å². The number of esters is 1. The zero-order valence-electron chi connectivity index (χ0n) is 17.6. The van der Waals surface area contributed by atoms with Gasteiger partial charge in [-0.15, -0.1) is 0 Å². The fourth-order valence-corrected chi connectivity index (χ4v) is 3.49. The predicted octanol–water partition coefficient (Wildman–Crippen LogP) is 4.17. The Morgan fingerprint density at radius 1 is 1.25 bits per heavy atom. The van der Waals surface area contributed by atoms with E-state index >= 15 is 0 Å². The first-order valence-electron chi connectivity index (χ1n) is 10.4. The number of nitrogens with zero attached hydrogens (tertiary/aromatic N) is 3. The number of nitrogens with one attached hydrogen (secondary N) is 1. The standard InChI is InChI=1S/C23H23FN4O4/c1-15-9-10-16(12-19(15)24)21-26-20(32-27-21)14-31-22(29)17-6-5-11-28(13-17)23(30)25-18-7-3-2-4-8-18/h2-4,7-10,12,17H,5-6,11,13-14H2,1H3,(H,25,30). The lowest BCUT2D eigenvalue weighted by molar-refractivity contribution is -0.152. The van der Waals surface area contributed by atoms with Gasteiger partial charge in [0.05, 0.1) is 5.92 Å². The maximum absolute atomic E-state index is 13.8. The Hall–Kier alpha value is -3.75. The van der Waals surface area contributed by atoms with Gasteiger partial charge < -0.3 is 19.5 Å². The van der Waals surface area contributed by atoms with Crippen LogP contribution in [-0.4, -0.2) is 40.1 Å². The van der Waals surface area contributed by atoms with Crippen LogP contribution in [0.3, 0.4) is 0 Å². The number of piperidine rings is 1. The maximum atomic E-state index is 13.8. The van der Waals surface area contributed by atoms with Gasteiger partial charge in [-0.2, -0.15) is 4.98 Å². The Bertz CT molecular complexity index is 1100. The third-order valence-electron chi connectivity index (χ3n) is 5.30. The number of carbonyl (C=O) groups is 2. The second-order valence-electron chi connectivity index (χ2n) is 7.66. The summed E-state index contributed by atoms with van der Waals surface area (Å²) in [6, 6.07) is 13.5. The fourth-order valence-electron chi connectivity index (χ4n) is 3.49. The lowest BCUT2D eigenvalue weighted by Crippen LogP contribution is -2.44. The van der Waals surface area contributed by atoms with E-state index < -0.39 is 11.9 Å². The van der Waals surface area contributed by atoms with Crippen molar-refractivity contribution in [1.29, 1.82) is 0 Å². The lowest BCUT2D eigenvalue weighted by atomic mass is 9.98. The van der Waals surface area contributed by atoms with Gasteiger partial charge in [0.15, 0.2) is 6.61 Å². The van der Waals surface area contributed by atoms with Crippen LogP contribution in [0.1, 0.15) is 24.3 Å². The lowest BCUT2D eigenvalue weighted by Gasteiger charge is -2.31. The van der Waals surface area contributed by atoms with Gasteiger partial charge >= 0.3 is 12.0 Å². The molecule has 1 aliphatic heterocycles. The maximum Gasteiger partial charge on any atom is 0.321 e. The van der Waals surface area contributed by atoms with Gasteiger partial charge in [0.2, 0.25) is 5.82 Å². The highest BCUT2D eigenvalue weighted by molar-refractivity contribution is 5.89. The number of ether oxygens (including phenoxy) is 1. The molecule has 32 heavy (non-hydrogen) atoms. The summed E-state index contributed by atoms with van der Waals surface area (Å²) < 4.78 is 24.2. The van der Waals surface area contributed by atoms with E-state index in [2.05, 4.69) is 15.5 Å². The van der Waals surface area contributed by atoms with Crippen LogP contribution in [0.25, 0.3) is 11.4 Å². The highest BCUT2D eigenvalue weighted by Gasteiger charge is 2.30. The molecule has 0 spiro atoms. The van der Waals surface area contributed by atoms with Crippen molar-refractivity contribution in [3.05, 3.63) is 65.8 Å². The van der Waals surface area contributed by atoms with E-state index in [1.165, 1.54) is 6.07 Å². The zero-order valence-corrected chi connectivity index (χ0v) is 17.6. The summed E-state index contributed by atoms with van der Waals surface area (Å²) >= 11 is 0. The van der Waals surface area contributed by atoms with Crippen LogP contribution in [0.5, 0.6) is 0 Å². The second kappa shape index (κ2) is 9.59. The van der Waals surface area contributed by atoms with E-state index in [1.807, 2.05) is 18.2 Å². The van der Waals surface area contributed by atoms with Crippen molar-refractivity contribution in [3.63, 3.8) is 0 Å². The summed E-state index contributed by atoms with van der Waals surface area (Å²) in [6.45, 7) is 2.32. The van der Waals surface area contributed by atoms with Crippen LogP contribution < -0.4 is 5.32 Å². The van der Waals surface area contributed by atoms with Gasteiger partial charge in [0, 0.05) is 24.3 Å². The molecule has 1 unspecified atom stereocenters. The van der Waals surface area contributed by atoms with Gasteiger partial charge in [-0.05, 0) is 43.5 Å². The van der Waals surface area contributed by atoms with Gasteiger partial charge in [-0.25, -0.2) is 9.18 Å². The molecule has 1 saturated heterocycles. The van der Waals surface area contributed by atoms with Crippen molar-refractivity contribution < 1.29 is 23.2 Å². The molecule has 1 N–H and O–H groups in total. The van der Waals surface area contributed by atoms with Crippen LogP contribution in [0.15, 0.2) is 53.1 Å². The van der Waals surface area contributed by atoms with Gasteiger partial charge in [0.25, 0.3) is 5.89 Å². The van der Waals surface area contributed by atoms with Crippen molar-refractivity contribution in [2.24, 2.45) is 5.92 Å². The van der Waals surface area contributed by atoms with Crippen LogP contribution in [0.4, 0.5) is 14.9 Å². The molecule has 4 rings (SSSR count). The minimum absolute atomic E-state index is 0.115. The normalized spacial score (nSPS) is 15.9. The monoisotopic (exact) mass is 438 g/mol. The predicted molar refractivity (Wildman–Crippen MR) is 114 cm³/mol. The molecule has 8 nitrogen and oxygen atoms in total. The quantitative estimate of drug-likeness (QED) is 0.601. The molecule has 2 amide bonds. The molecule has 9 heteroatoms. The Labute approximate surface area is 184 Å². The summed E-state index contributed by atoms with van der Waals surface area (Å²) in [4.78, 5) is 30.8. The highest BCUT2D eigenvalue weighted by atomic mass is 19.1. The number of likely N-dealkylation sites (tertiary alicyclic amines) is 1. The minimum Gasteiger partial charge on any atom is -0.455 e. The molecular formula is C23H23FN4O4. The third-order valence-corrected chi connectivity index (χ3v) is 5.30. The zero-order chi connectivity index (χ0) is 22.5. The van der Waals surface area contributed by atoms with Crippen molar-refractivity contribution >= 4 is 17.7 Å². The number of aryl methyl sites for hydroxylation is 1. The first-order valence-corrected chi connectivity index (χ1v) is 10.4. The van der Waals surface area contributed by atoms with E-state index in [4.69, 9.17) is 9.26 Å². The van der Waals surface area contributed by atoms with E-state index in [9.17, 15) is 14.0 Å². The number of benzene rings is 2. The van der Waals surface area contributed by atoms with Crippen molar-refractivity contribution in [2.75, 3.05) is 18.4 Å².